The van der Waals surface area contributed by atoms with E-state index in [2.05, 4.69) is 15.2 Å². The highest BCUT2D eigenvalue weighted by Crippen LogP contribution is 2.18. The molecule has 6 heteroatoms. The standard InChI is InChI=1S/C10H9F2N3O/c11-7-3-1-2-6(9(7)12)4-8(16)10-13-5-14-15-10/h1-3,5,8,16H,4H2,(H,13,14,15). The van der Waals surface area contributed by atoms with Gasteiger partial charge in [-0.15, -0.1) is 0 Å². The van der Waals surface area contributed by atoms with Crippen LogP contribution in [0, 0.1) is 11.6 Å². The summed E-state index contributed by atoms with van der Waals surface area (Å²) in [7, 11) is 0. The average molecular weight is 225 g/mol. The van der Waals surface area contributed by atoms with Crippen LogP contribution in [0.5, 0.6) is 0 Å². The molecule has 2 rings (SSSR count). The molecule has 0 aliphatic rings. The Balaban J connectivity index is 2.18. The zero-order chi connectivity index (χ0) is 11.5. The fourth-order valence-corrected chi connectivity index (χ4v) is 1.39. The Bertz CT molecular complexity index is 473. The second-order valence-electron chi connectivity index (χ2n) is 3.30. The van der Waals surface area contributed by atoms with Gasteiger partial charge in [0.05, 0.1) is 0 Å². The van der Waals surface area contributed by atoms with Crippen molar-refractivity contribution in [3.8, 4) is 0 Å². The SMILES string of the molecule is OC(Cc1cccc(F)c1F)c1ncn[nH]1. The smallest absolute Gasteiger partial charge is 0.162 e. The van der Waals surface area contributed by atoms with Gasteiger partial charge in [0.25, 0.3) is 0 Å². The number of halogens is 2. The van der Waals surface area contributed by atoms with Gasteiger partial charge in [0.2, 0.25) is 0 Å². The van der Waals surface area contributed by atoms with Crippen molar-refractivity contribution in [2.45, 2.75) is 12.5 Å². The van der Waals surface area contributed by atoms with E-state index >= 15 is 0 Å². The van der Waals surface area contributed by atoms with Gasteiger partial charge in [-0.2, -0.15) is 5.10 Å². The number of benzene rings is 1. The Hall–Kier alpha value is -1.82. The van der Waals surface area contributed by atoms with Crippen molar-refractivity contribution in [1.29, 1.82) is 0 Å². The molecule has 2 aromatic rings. The molecular formula is C10H9F2N3O. The van der Waals surface area contributed by atoms with Gasteiger partial charge in [0.1, 0.15) is 12.4 Å². The van der Waals surface area contributed by atoms with Crippen molar-refractivity contribution >= 4 is 0 Å². The maximum absolute atomic E-state index is 13.3. The zero-order valence-electron chi connectivity index (χ0n) is 8.19. The highest BCUT2D eigenvalue weighted by molar-refractivity contribution is 5.20. The number of aliphatic hydroxyl groups excluding tert-OH is 1. The Kier molecular flexibility index (Phi) is 2.91. The number of hydrogen-bond acceptors (Lipinski definition) is 3. The maximum atomic E-state index is 13.3. The van der Waals surface area contributed by atoms with E-state index in [1.54, 1.807) is 0 Å². The van der Waals surface area contributed by atoms with Crippen LogP contribution in [0.4, 0.5) is 8.78 Å². The summed E-state index contributed by atoms with van der Waals surface area (Å²) in [6, 6.07) is 3.83. The highest BCUT2D eigenvalue weighted by Gasteiger charge is 2.15. The molecule has 0 saturated heterocycles. The van der Waals surface area contributed by atoms with Crippen molar-refractivity contribution in [1.82, 2.24) is 15.2 Å². The number of aromatic nitrogens is 3. The molecule has 4 nitrogen and oxygen atoms in total. The van der Waals surface area contributed by atoms with Gasteiger partial charge in [-0.1, -0.05) is 12.1 Å². The van der Waals surface area contributed by atoms with Crippen LogP contribution in [-0.2, 0) is 6.42 Å². The summed E-state index contributed by atoms with van der Waals surface area (Å²) in [6.07, 6.45) is 0.151. The van der Waals surface area contributed by atoms with Crippen LogP contribution in [0.2, 0.25) is 0 Å². The lowest BCUT2D eigenvalue weighted by molar-refractivity contribution is 0.167. The van der Waals surface area contributed by atoms with Gasteiger partial charge in [0.15, 0.2) is 17.5 Å². The summed E-state index contributed by atoms with van der Waals surface area (Å²) in [6.45, 7) is 0. The number of aromatic amines is 1. The third-order valence-corrected chi connectivity index (χ3v) is 2.19. The molecule has 1 aromatic heterocycles. The van der Waals surface area contributed by atoms with Gasteiger partial charge in [-0.05, 0) is 11.6 Å². The van der Waals surface area contributed by atoms with E-state index < -0.39 is 17.7 Å². The van der Waals surface area contributed by atoms with Crippen LogP contribution >= 0.6 is 0 Å². The van der Waals surface area contributed by atoms with E-state index in [-0.39, 0.29) is 17.8 Å². The molecule has 1 aromatic carbocycles. The van der Waals surface area contributed by atoms with Crippen molar-refractivity contribution in [2.24, 2.45) is 0 Å². The van der Waals surface area contributed by atoms with Crippen LogP contribution in [-0.4, -0.2) is 20.3 Å². The van der Waals surface area contributed by atoms with Crippen LogP contribution in [0.1, 0.15) is 17.5 Å². The second kappa shape index (κ2) is 4.36. The van der Waals surface area contributed by atoms with Crippen molar-refractivity contribution in [3.63, 3.8) is 0 Å². The largest absolute Gasteiger partial charge is 0.385 e. The maximum Gasteiger partial charge on any atom is 0.162 e. The summed E-state index contributed by atoms with van der Waals surface area (Å²) < 4.78 is 26.2. The van der Waals surface area contributed by atoms with Gasteiger partial charge >= 0.3 is 0 Å². The van der Waals surface area contributed by atoms with Crippen molar-refractivity contribution in [2.75, 3.05) is 0 Å². The molecule has 0 spiro atoms. The number of rotatable bonds is 3. The average Bonchev–Trinajstić information content (AvgIpc) is 2.78. The number of hydrogen-bond donors (Lipinski definition) is 2. The van der Waals surface area contributed by atoms with Gasteiger partial charge in [0, 0.05) is 6.42 Å². The fraction of sp³-hybridized carbons (Fsp3) is 0.200. The van der Waals surface area contributed by atoms with Gasteiger partial charge in [-0.25, -0.2) is 13.8 Å². The molecule has 0 fully saturated rings. The third-order valence-electron chi connectivity index (χ3n) is 2.19. The first-order valence-electron chi connectivity index (χ1n) is 4.64. The van der Waals surface area contributed by atoms with E-state index in [4.69, 9.17) is 0 Å². The normalized spacial score (nSPS) is 12.7. The Morgan fingerprint density at radius 3 is 2.88 bits per heavy atom. The molecule has 1 heterocycles. The predicted octanol–water partition coefficient (Wildman–Crippen LogP) is 1.36. The quantitative estimate of drug-likeness (QED) is 0.829. The van der Waals surface area contributed by atoms with Crippen LogP contribution < -0.4 is 0 Å². The molecule has 0 aliphatic heterocycles. The molecule has 0 saturated carbocycles. The van der Waals surface area contributed by atoms with Gasteiger partial charge < -0.3 is 5.11 Å². The van der Waals surface area contributed by atoms with Crippen LogP contribution in [0.15, 0.2) is 24.5 Å². The van der Waals surface area contributed by atoms with E-state index in [1.807, 2.05) is 0 Å². The first-order chi connectivity index (χ1) is 7.68. The molecular weight excluding hydrogens is 216 g/mol. The summed E-state index contributed by atoms with van der Waals surface area (Å²) >= 11 is 0. The number of nitrogens with zero attached hydrogens (tertiary/aromatic N) is 2. The fourth-order valence-electron chi connectivity index (χ4n) is 1.39. The Morgan fingerprint density at radius 2 is 2.19 bits per heavy atom. The van der Waals surface area contributed by atoms with E-state index in [9.17, 15) is 13.9 Å². The van der Waals surface area contributed by atoms with Crippen molar-refractivity contribution < 1.29 is 13.9 Å². The molecule has 0 bridgehead atoms. The lowest BCUT2D eigenvalue weighted by Crippen LogP contribution is -2.06. The molecule has 0 amide bonds. The third kappa shape index (κ3) is 2.06. The molecule has 0 aliphatic carbocycles. The van der Waals surface area contributed by atoms with E-state index in [1.165, 1.54) is 18.5 Å². The predicted molar refractivity (Wildman–Crippen MR) is 51.4 cm³/mol. The molecule has 1 unspecified atom stereocenters. The second-order valence-corrected chi connectivity index (χ2v) is 3.30. The lowest BCUT2D eigenvalue weighted by atomic mass is 10.1. The first-order valence-corrected chi connectivity index (χ1v) is 4.64. The highest BCUT2D eigenvalue weighted by atomic mass is 19.2. The van der Waals surface area contributed by atoms with E-state index in [0.717, 1.165) is 6.07 Å². The Morgan fingerprint density at radius 1 is 1.38 bits per heavy atom. The zero-order valence-corrected chi connectivity index (χ0v) is 8.19. The number of H-pyrrole nitrogens is 1. The molecule has 1 atom stereocenters. The molecule has 16 heavy (non-hydrogen) atoms. The minimum atomic E-state index is -1.03. The summed E-state index contributed by atoms with van der Waals surface area (Å²) in [5.74, 6) is -1.65. The molecule has 2 N–H and O–H groups in total. The molecule has 0 radical (unpaired) electrons. The van der Waals surface area contributed by atoms with Crippen molar-refractivity contribution in [3.05, 3.63) is 47.5 Å². The number of aliphatic hydroxyl groups is 1. The monoisotopic (exact) mass is 225 g/mol. The van der Waals surface area contributed by atoms with E-state index in [0.29, 0.717) is 0 Å². The summed E-state index contributed by atoms with van der Waals surface area (Å²) in [5.41, 5.74) is 0.101. The minimum Gasteiger partial charge on any atom is -0.385 e. The van der Waals surface area contributed by atoms with Crippen LogP contribution in [0.25, 0.3) is 0 Å². The van der Waals surface area contributed by atoms with Gasteiger partial charge in [-0.3, -0.25) is 5.10 Å². The van der Waals surface area contributed by atoms with Crippen LogP contribution in [0.3, 0.4) is 0 Å². The Labute approximate surface area is 90.0 Å². The number of nitrogens with one attached hydrogen (secondary N) is 1. The lowest BCUT2D eigenvalue weighted by Gasteiger charge is -2.08. The minimum absolute atomic E-state index is 0.0568. The topological polar surface area (TPSA) is 61.8 Å². The first kappa shape index (κ1) is 10.7. The summed E-state index contributed by atoms with van der Waals surface area (Å²) in [4.78, 5) is 3.73. The molecule has 84 valence electrons. The summed E-state index contributed by atoms with van der Waals surface area (Å²) in [5, 5.41) is 15.7.